The number of benzene rings is 1. The molecule has 110 valence electrons. The van der Waals surface area contributed by atoms with Gasteiger partial charge in [0.05, 0.1) is 5.56 Å². The number of rotatable bonds is 5. The minimum absolute atomic E-state index is 0.193. The maximum absolute atomic E-state index is 12.1. The van der Waals surface area contributed by atoms with Gasteiger partial charge < -0.3 is 9.73 Å². The van der Waals surface area contributed by atoms with Gasteiger partial charge in [0.2, 0.25) is 0 Å². The van der Waals surface area contributed by atoms with Crippen LogP contribution in [0.4, 0.5) is 0 Å². The highest BCUT2D eigenvalue weighted by atomic mass is 16.4. The Bertz CT molecular complexity index is 648. The summed E-state index contributed by atoms with van der Waals surface area (Å²) in [5.41, 5.74) is 1.93. The zero-order chi connectivity index (χ0) is 15.2. The third-order valence-electron chi connectivity index (χ3n) is 3.33. The minimum atomic E-state index is -0.425. The maximum Gasteiger partial charge on any atom is 0.336 e. The van der Waals surface area contributed by atoms with E-state index in [2.05, 4.69) is 17.4 Å². The number of aryl methyl sites for hydroxylation is 3. The van der Waals surface area contributed by atoms with Gasteiger partial charge in [0, 0.05) is 12.6 Å². The SMILES string of the molecule is Cc1cc(=O)oc(C)c1C(=O)NCCCc1ccccc1. The van der Waals surface area contributed by atoms with Crippen LogP contribution in [-0.2, 0) is 6.42 Å². The third kappa shape index (κ3) is 4.05. The smallest absolute Gasteiger partial charge is 0.336 e. The Labute approximate surface area is 123 Å². The summed E-state index contributed by atoms with van der Waals surface area (Å²) < 4.78 is 4.97. The van der Waals surface area contributed by atoms with Crippen molar-refractivity contribution < 1.29 is 9.21 Å². The maximum atomic E-state index is 12.1. The van der Waals surface area contributed by atoms with Crippen LogP contribution in [0.15, 0.2) is 45.6 Å². The van der Waals surface area contributed by atoms with Crippen LogP contribution < -0.4 is 10.9 Å². The molecule has 0 aliphatic carbocycles. The number of carbonyl (C=O) groups is 1. The van der Waals surface area contributed by atoms with Crippen molar-refractivity contribution in [1.82, 2.24) is 5.32 Å². The highest BCUT2D eigenvalue weighted by Gasteiger charge is 2.14. The fraction of sp³-hybridized carbons (Fsp3) is 0.294. The lowest BCUT2D eigenvalue weighted by atomic mass is 10.1. The van der Waals surface area contributed by atoms with Crippen LogP contribution in [0, 0.1) is 13.8 Å². The zero-order valence-electron chi connectivity index (χ0n) is 12.3. The fourth-order valence-electron chi connectivity index (χ4n) is 2.32. The molecular formula is C17H19NO3. The van der Waals surface area contributed by atoms with E-state index >= 15 is 0 Å². The van der Waals surface area contributed by atoms with Crippen LogP contribution in [0.1, 0.15) is 33.7 Å². The zero-order valence-corrected chi connectivity index (χ0v) is 12.3. The second-order valence-corrected chi connectivity index (χ2v) is 5.02. The molecule has 4 nitrogen and oxygen atoms in total. The van der Waals surface area contributed by atoms with Gasteiger partial charge in [-0.25, -0.2) is 4.79 Å². The molecule has 0 atom stereocenters. The highest BCUT2D eigenvalue weighted by Crippen LogP contribution is 2.10. The van der Waals surface area contributed by atoms with E-state index in [4.69, 9.17) is 4.42 Å². The fourth-order valence-corrected chi connectivity index (χ4v) is 2.32. The van der Waals surface area contributed by atoms with Gasteiger partial charge >= 0.3 is 5.63 Å². The molecule has 1 amide bonds. The normalized spacial score (nSPS) is 10.4. The first-order valence-corrected chi connectivity index (χ1v) is 7.01. The Morgan fingerprint density at radius 1 is 1.19 bits per heavy atom. The van der Waals surface area contributed by atoms with Gasteiger partial charge in [0.25, 0.3) is 5.91 Å². The summed E-state index contributed by atoms with van der Waals surface area (Å²) in [4.78, 5) is 23.3. The average Bonchev–Trinajstić information content (AvgIpc) is 2.43. The van der Waals surface area contributed by atoms with Gasteiger partial charge in [-0.1, -0.05) is 30.3 Å². The van der Waals surface area contributed by atoms with Gasteiger partial charge in [-0.05, 0) is 37.8 Å². The molecule has 1 N–H and O–H groups in total. The van der Waals surface area contributed by atoms with Crippen molar-refractivity contribution in [2.75, 3.05) is 6.54 Å². The highest BCUT2D eigenvalue weighted by molar-refractivity contribution is 5.96. The average molecular weight is 285 g/mol. The van der Waals surface area contributed by atoms with E-state index in [9.17, 15) is 9.59 Å². The summed E-state index contributed by atoms with van der Waals surface area (Å²) in [5.74, 6) is 0.169. The first-order chi connectivity index (χ1) is 10.1. The minimum Gasteiger partial charge on any atom is -0.427 e. The van der Waals surface area contributed by atoms with Crippen molar-refractivity contribution in [3.05, 3.63) is 69.3 Å². The third-order valence-corrected chi connectivity index (χ3v) is 3.33. The second-order valence-electron chi connectivity index (χ2n) is 5.02. The molecule has 0 fully saturated rings. The first-order valence-electron chi connectivity index (χ1n) is 7.01. The van der Waals surface area contributed by atoms with Gasteiger partial charge in [-0.2, -0.15) is 0 Å². The summed E-state index contributed by atoms with van der Waals surface area (Å²) in [6.45, 7) is 3.96. The molecule has 1 aromatic carbocycles. The van der Waals surface area contributed by atoms with Crippen LogP contribution in [0.25, 0.3) is 0 Å². The quantitative estimate of drug-likeness (QED) is 0.859. The summed E-state index contributed by atoms with van der Waals surface area (Å²) in [7, 11) is 0. The van der Waals surface area contributed by atoms with E-state index in [1.165, 1.54) is 11.6 Å². The van der Waals surface area contributed by atoms with Crippen LogP contribution in [0.5, 0.6) is 0 Å². The largest absolute Gasteiger partial charge is 0.427 e. The van der Waals surface area contributed by atoms with E-state index in [-0.39, 0.29) is 5.91 Å². The lowest BCUT2D eigenvalue weighted by molar-refractivity contribution is 0.0949. The molecule has 1 heterocycles. The van der Waals surface area contributed by atoms with Crippen molar-refractivity contribution in [2.45, 2.75) is 26.7 Å². The Hall–Kier alpha value is -2.36. The molecular weight excluding hydrogens is 266 g/mol. The molecule has 0 bridgehead atoms. The number of nitrogens with one attached hydrogen (secondary N) is 1. The van der Waals surface area contributed by atoms with Gasteiger partial charge in [-0.15, -0.1) is 0 Å². The van der Waals surface area contributed by atoms with Crippen LogP contribution in [0.3, 0.4) is 0 Å². The number of hydrogen-bond donors (Lipinski definition) is 1. The Kier molecular flexibility index (Phi) is 4.93. The summed E-state index contributed by atoms with van der Waals surface area (Å²) in [5, 5.41) is 2.87. The predicted octanol–water partition coefficient (Wildman–Crippen LogP) is 2.62. The molecule has 1 aromatic heterocycles. The molecule has 0 radical (unpaired) electrons. The van der Waals surface area contributed by atoms with Crippen molar-refractivity contribution in [3.63, 3.8) is 0 Å². The summed E-state index contributed by atoms with van der Waals surface area (Å²) >= 11 is 0. The van der Waals surface area contributed by atoms with E-state index in [0.29, 0.717) is 23.4 Å². The molecule has 0 unspecified atom stereocenters. The number of hydrogen-bond acceptors (Lipinski definition) is 3. The number of amides is 1. The standard InChI is InChI=1S/C17H19NO3/c1-12-11-15(19)21-13(2)16(12)17(20)18-10-6-9-14-7-4-3-5-8-14/h3-5,7-8,11H,6,9-10H2,1-2H3,(H,18,20). The lowest BCUT2D eigenvalue weighted by Crippen LogP contribution is -2.27. The summed E-state index contributed by atoms with van der Waals surface area (Å²) in [6.07, 6.45) is 1.79. The van der Waals surface area contributed by atoms with E-state index in [1.807, 2.05) is 18.2 Å². The van der Waals surface area contributed by atoms with Crippen molar-refractivity contribution >= 4 is 5.91 Å². The predicted molar refractivity (Wildman–Crippen MR) is 81.5 cm³/mol. The molecule has 0 aliphatic heterocycles. The Balaban J connectivity index is 1.89. The van der Waals surface area contributed by atoms with Gasteiger partial charge in [0.1, 0.15) is 5.76 Å². The van der Waals surface area contributed by atoms with E-state index < -0.39 is 5.63 Å². The molecule has 21 heavy (non-hydrogen) atoms. The topological polar surface area (TPSA) is 59.3 Å². The van der Waals surface area contributed by atoms with Crippen molar-refractivity contribution in [3.8, 4) is 0 Å². The van der Waals surface area contributed by atoms with Crippen molar-refractivity contribution in [2.24, 2.45) is 0 Å². The van der Waals surface area contributed by atoms with E-state index in [1.54, 1.807) is 13.8 Å². The lowest BCUT2D eigenvalue weighted by Gasteiger charge is -2.09. The molecule has 4 heteroatoms. The Morgan fingerprint density at radius 2 is 1.90 bits per heavy atom. The molecule has 0 saturated heterocycles. The molecule has 2 rings (SSSR count). The van der Waals surface area contributed by atoms with Gasteiger partial charge in [-0.3, -0.25) is 4.79 Å². The van der Waals surface area contributed by atoms with Crippen LogP contribution in [-0.4, -0.2) is 12.5 Å². The van der Waals surface area contributed by atoms with Gasteiger partial charge in [0.15, 0.2) is 0 Å². The summed E-state index contributed by atoms with van der Waals surface area (Å²) in [6, 6.07) is 11.5. The second kappa shape index (κ2) is 6.88. The molecule has 2 aromatic rings. The molecule has 0 spiro atoms. The van der Waals surface area contributed by atoms with Crippen LogP contribution in [0.2, 0.25) is 0 Å². The van der Waals surface area contributed by atoms with Crippen LogP contribution >= 0.6 is 0 Å². The number of carbonyl (C=O) groups excluding carboxylic acids is 1. The monoisotopic (exact) mass is 285 g/mol. The van der Waals surface area contributed by atoms with Crippen molar-refractivity contribution in [1.29, 1.82) is 0 Å². The molecule has 0 saturated carbocycles. The first kappa shape index (κ1) is 15.0. The van der Waals surface area contributed by atoms with E-state index in [0.717, 1.165) is 12.8 Å². The Morgan fingerprint density at radius 3 is 2.57 bits per heavy atom. The molecule has 0 aliphatic rings.